The second-order valence-electron chi connectivity index (χ2n) is 5.50. The van der Waals surface area contributed by atoms with Crippen molar-refractivity contribution in [2.45, 2.75) is 31.7 Å². The van der Waals surface area contributed by atoms with Crippen molar-refractivity contribution in [1.29, 1.82) is 0 Å². The molecule has 2 atom stereocenters. The van der Waals surface area contributed by atoms with Gasteiger partial charge in [-0.1, -0.05) is 25.1 Å². The average molecular weight is 282 g/mol. The molecule has 110 valence electrons. The standard InChI is InChI=1S/C18H22N2O/c1-3-19-18(14-6-4-8-15(12-14)21-2)16-10-9-13-7-5-11-20-17(13)16/h4-8,11-12,16,18-19H,3,9-10H2,1-2H3. The highest BCUT2D eigenvalue weighted by Crippen LogP contribution is 2.40. The Hall–Kier alpha value is -1.87. The van der Waals surface area contributed by atoms with Crippen LogP contribution in [0.1, 0.15) is 42.1 Å². The van der Waals surface area contributed by atoms with Gasteiger partial charge >= 0.3 is 0 Å². The second kappa shape index (κ2) is 6.27. The number of hydrogen-bond donors (Lipinski definition) is 1. The van der Waals surface area contributed by atoms with E-state index in [9.17, 15) is 0 Å². The molecule has 21 heavy (non-hydrogen) atoms. The molecule has 2 aromatic rings. The Morgan fingerprint density at radius 2 is 2.24 bits per heavy atom. The maximum Gasteiger partial charge on any atom is 0.119 e. The summed E-state index contributed by atoms with van der Waals surface area (Å²) >= 11 is 0. The van der Waals surface area contributed by atoms with Gasteiger partial charge in [0.15, 0.2) is 0 Å². The normalized spacial score (nSPS) is 18.3. The first-order valence-corrected chi connectivity index (χ1v) is 7.64. The van der Waals surface area contributed by atoms with Crippen LogP contribution in [0.25, 0.3) is 0 Å². The van der Waals surface area contributed by atoms with E-state index in [0.29, 0.717) is 12.0 Å². The predicted molar refractivity (Wildman–Crippen MR) is 84.7 cm³/mol. The SMILES string of the molecule is CCNC(c1cccc(OC)c1)C1CCc2cccnc21. The van der Waals surface area contributed by atoms with Crippen LogP contribution in [-0.4, -0.2) is 18.6 Å². The molecule has 3 rings (SSSR count). The minimum Gasteiger partial charge on any atom is -0.497 e. The summed E-state index contributed by atoms with van der Waals surface area (Å²) in [6, 6.07) is 12.9. The van der Waals surface area contributed by atoms with Gasteiger partial charge in [0, 0.05) is 23.9 Å². The Morgan fingerprint density at radius 1 is 1.33 bits per heavy atom. The number of pyridine rings is 1. The number of hydrogen-bond acceptors (Lipinski definition) is 3. The van der Waals surface area contributed by atoms with E-state index in [1.165, 1.54) is 16.8 Å². The monoisotopic (exact) mass is 282 g/mol. The fourth-order valence-electron chi connectivity index (χ4n) is 3.32. The topological polar surface area (TPSA) is 34.1 Å². The Kier molecular flexibility index (Phi) is 4.20. The highest BCUT2D eigenvalue weighted by atomic mass is 16.5. The second-order valence-corrected chi connectivity index (χ2v) is 5.50. The number of nitrogens with zero attached hydrogens (tertiary/aromatic N) is 1. The van der Waals surface area contributed by atoms with Gasteiger partial charge in [0.05, 0.1) is 7.11 Å². The average Bonchev–Trinajstić information content (AvgIpc) is 2.96. The molecule has 0 bridgehead atoms. The minimum atomic E-state index is 0.293. The third kappa shape index (κ3) is 2.79. The van der Waals surface area contributed by atoms with Crippen molar-refractivity contribution in [3.05, 3.63) is 59.4 Å². The molecular formula is C18H22N2O. The Labute approximate surface area is 126 Å². The first kappa shape index (κ1) is 14.1. The molecule has 1 aliphatic carbocycles. The molecule has 1 heterocycles. The lowest BCUT2D eigenvalue weighted by molar-refractivity contribution is 0.409. The summed E-state index contributed by atoms with van der Waals surface area (Å²) in [6.07, 6.45) is 4.19. The number of fused-ring (bicyclic) bond motifs is 1. The fraction of sp³-hybridized carbons (Fsp3) is 0.389. The lowest BCUT2D eigenvalue weighted by Gasteiger charge is -2.25. The molecule has 0 radical (unpaired) electrons. The molecule has 1 N–H and O–H groups in total. The number of rotatable bonds is 5. The van der Waals surface area contributed by atoms with Gasteiger partial charge in [-0.05, 0) is 48.7 Å². The van der Waals surface area contributed by atoms with Gasteiger partial charge in [-0.25, -0.2) is 0 Å². The van der Waals surface area contributed by atoms with Crippen LogP contribution >= 0.6 is 0 Å². The fourth-order valence-corrected chi connectivity index (χ4v) is 3.32. The number of benzene rings is 1. The lowest BCUT2D eigenvalue weighted by Crippen LogP contribution is -2.26. The van der Waals surface area contributed by atoms with Gasteiger partial charge in [-0.15, -0.1) is 0 Å². The molecule has 1 aliphatic rings. The van der Waals surface area contributed by atoms with Gasteiger partial charge in [-0.3, -0.25) is 4.98 Å². The number of ether oxygens (including phenoxy) is 1. The Bertz CT molecular complexity index is 612. The third-order valence-corrected chi connectivity index (χ3v) is 4.28. The smallest absolute Gasteiger partial charge is 0.119 e. The van der Waals surface area contributed by atoms with Gasteiger partial charge in [-0.2, -0.15) is 0 Å². The van der Waals surface area contributed by atoms with Crippen LogP contribution in [0.5, 0.6) is 5.75 Å². The van der Waals surface area contributed by atoms with Crippen molar-refractivity contribution in [2.75, 3.05) is 13.7 Å². The number of aromatic nitrogens is 1. The number of aryl methyl sites for hydroxylation is 1. The van der Waals surface area contributed by atoms with Crippen molar-refractivity contribution in [3.8, 4) is 5.75 Å². The van der Waals surface area contributed by atoms with E-state index in [-0.39, 0.29) is 0 Å². The predicted octanol–water partition coefficient (Wildman–Crippen LogP) is 3.47. The van der Waals surface area contributed by atoms with Crippen molar-refractivity contribution in [3.63, 3.8) is 0 Å². The molecule has 1 aromatic heterocycles. The van der Waals surface area contributed by atoms with E-state index in [4.69, 9.17) is 4.74 Å². The summed E-state index contributed by atoms with van der Waals surface area (Å²) in [7, 11) is 1.72. The highest BCUT2D eigenvalue weighted by Gasteiger charge is 2.31. The van der Waals surface area contributed by atoms with E-state index in [1.54, 1.807) is 7.11 Å². The van der Waals surface area contributed by atoms with Gasteiger partial charge < -0.3 is 10.1 Å². The van der Waals surface area contributed by atoms with E-state index in [0.717, 1.165) is 25.1 Å². The van der Waals surface area contributed by atoms with Crippen molar-refractivity contribution in [2.24, 2.45) is 0 Å². The first-order chi connectivity index (χ1) is 10.3. The number of methoxy groups -OCH3 is 1. The maximum absolute atomic E-state index is 5.37. The van der Waals surface area contributed by atoms with Crippen LogP contribution in [0.3, 0.4) is 0 Å². The van der Waals surface area contributed by atoms with Crippen LogP contribution in [0, 0.1) is 0 Å². The lowest BCUT2D eigenvalue weighted by atomic mass is 9.90. The molecule has 0 amide bonds. The van der Waals surface area contributed by atoms with Crippen LogP contribution in [-0.2, 0) is 6.42 Å². The molecule has 0 fully saturated rings. The highest BCUT2D eigenvalue weighted by molar-refractivity contribution is 5.36. The summed E-state index contributed by atoms with van der Waals surface area (Å²) in [5.41, 5.74) is 3.93. The van der Waals surface area contributed by atoms with Gasteiger partial charge in [0.25, 0.3) is 0 Å². The molecule has 1 aromatic carbocycles. The third-order valence-electron chi connectivity index (χ3n) is 4.28. The van der Waals surface area contributed by atoms with Gasteiger partial charge in [0.2, 0.25) is 0 Å². The minimum absolute atomic E-state index is 0.293. The zero-order valence-electron chi connectivity index (χ0n) is 12.7. The summed E-state index contributed by atoms with van der Waals surface area (Å²) in [5, 5.41) is 3.64. The quantitative estimate of drug-likeness (QED) is 0.911. The molecule has 0 saturated heterocycles. The molecule has 3 nitrogen and oxygen atoms in total. The van der Waals surface area contributed by atoms with E-state index in [2.05, 4.69) is 41.5 Å². The number of nitrogens with one attached hydrogen (secondary N) is 1. The summed E-state index contributed by atoms with van der Waals surface area (Å²) < 4.78 is 5.37. The molecule has 2 unspecified atom stereocenters. The molecule has 0 saturated carbocycles. The zero-order valence-corrected chi connectivity index (χ0v) is 12.7. The summed E-state index contributed by atoms with van der Waals surface area (Å²) in [6.45, 7) is 3.10. The Balaban J connectivity index is 1.95. The van der Waals surface area contributed by atoms with Crippen LogP contribution in [0.4, 0.5) is 0 Å². The van der Waals surface area contributed by atoms with E-state index < -0.39 is 0 Å². The van der Waals surface area contributed by atoms with Crippen molar-refractivity contribution >= 4 is 0 Å². The molecule has 0 spiro atoms. The summed E-state index contributed by atoms with van der Waals surface area (Å²) in [5.74, 6) is 1.35. The van der Waals surface area contributed by atoms with E-state index in [1.807, 2.05) is 18.3 Å². The van der Waals surface area contributed by atoms with Crippen molar-refractivity contribution in [1.82, 2.24) is 10.3 Å². The van der Waals surface area contributed by atoms with Gasteiger partial charge in [0.1, 0.15) is 5.75 Å². The van der Waals surface area contributed by atoms with Crippen LogP contribution in [0.2, 0.25) is 0 Å². The Morgan fingerprint density at radius 3 is 3.05 bits per heavy atom. The summed E-state index contributed by atoms with van der Waals surface area (Å²) in [4.78, 5) is 4.64. The molecule has 3 heteroatoms. The van der Waals surface area contributed by atoms with Crippen LogP contribution in [0.15, 0.2) is 42.6 Å². The van der Waals surface area contributed by atoms with E-state index >= 15 is 0 Å². The number of likely N-dealkylation sites (N-methyl/N-ethyl adjacent to an activating group) is 1. The molecule has 0 aliphatic heterocycles. The zero-order chi connectivity index (χ0) is 14.7. The molecular weight excluding hydrogens is 260 g/mol. The van der Waals surface area contributed by atoms with Crippen molar-refractivity contribution < 1.29 is 4.74 Å². The largest absolute Gasteiger partial charge is 0.497 e. The first-order valence-electron chi connectivity index (χ1n) is 7.64. The van der Waals surface area contributed by atoms with Crippen LogP contribution < -0.4 is 10.1 Å². The maximum atomic E-state index is 5.37.